The van der Waals surface area contributed by atoms with Gasteiger partial charge in [-0.3, -0.25) is 0 Å². The first-order valence-electron chi connectivity index (χ1n) is 5.77. The first-order valence-corrected chi connectivity index (χ1v) is 5.77. The zero-order valence-electron chi connectivity index (χ0n) is 10.4. The smallest absolute Gasteiger partial charge is 0.196 e. The Morgan fingerprint density at radius 3 is 2.82 bits per heavy atom. The van der Waals surface area contributed by atoms with Crippen LogP contribution in [0.25, 0.3) is 11.6 Å². The minimum absolute atomic E-state index is 0.442. The van der Waals surface area contributed by atoms with Gasteiger partial charge in [0.1, 0.15) is 0 Å². The molecular weight excluding hydrogens is 214 g/mol. The molecule has 4 heteroatoms. The van der Waals surface area contributed by atoms with E-state index in [9.17, 15) is 0 Å². The Morgan fingerprint density at radius 1 is 1.35 bits per heavy atom. The van der Waals surface area contributed by atoms with Gasteiger partial charge in [0.25, 0.3) is 0 Å². The maximum Gasteiger partial charge on any atom is 0.196 e. The highest BCUT2D eigenvalue weighted by Gasteiger charge is 2.07. The van der Waals surface area contributed by atoms with E-state index >= 15 is 0 Å². The quantitative estimate of drug-likeness (QED) is 0.878. The highest BCUT2D eigenvalue weighted by molar-refractivity contribution is 5.46. The molecule has 0 bridgehead atoms. The standard InChI is InChI=1S/C13H17N3O/c1-9(2)14-8-11-7-10(3)15-13(16-11)12-5-4-6-17-12/h4-7,9,14H,8H2,1-3H3. The van der Waals surface area contributed by atoms with Crippen LogP contribution in [0.5, 0.6) is 0 Å². The third kappa shape index (κ3) is 3.14. The molecule has 1 N–H and O–H groups in total. The molecule has 0 atom stereocenters. The van der Waals surface area contributed by atoms with Gasteiger partial charge < -0.3 is 9.73 Å². The summed E-state index contributed by atoms with van der Waals surface area (Å²) in [5.41, 5.74) is 1.93. The number of aryl methyl sites for hydroxylation is 1. The first kappa shape index (κ1) is 11.8. The Labute approximate surface area is 101 Å². The summed E-state index contributed by atoms with van der Waals surface area (Å²) in [7, 11) is 0. The number of nitrogens with zero attached hydrogens (tertiary/aromatic N) is 2. The van der Waals surface area contributed by atoms with Crippen molar-refractivity contribution in [2.75, 3.05) is 0 Å². The fourth-order valence-corrected chi connectivity index (χ4v) is 1.55. The number of nitrogens with one attached hydrogen (secondary N) is 1. The summed E-state index contributed by atoms with van der Waals surface area (Å²) in [4.78, 5) is 8.85. The second kappa shape index (κ2) is 5.10. The largest absolute Gasteiger partial charge is 0.461 e. The van der Waals surface area contributed by atoms with Gasteiger partial charge in [-0.1, -0.05) is 13.8 Å². The van der Waals surface area contributed by atoms with Crippen LogP contribution in [0.15, 0.2) is 28.9 Å². The van der Waals surface area contributed by atoms with Crippen LogP contribution in [0.2, 0.25) is 0 Å². The summed E-state index contributed by atoms with van der Waals surface area (Å²) in [5.74, 6) is 1.36. The molecule has 0 aromatic carbocycles. The third-order valence-corrected chi connectivity index (χ3v) is 2.34. The molecule has 0 saturated carbocycles. The van der Waals surface area contributed by atoms with Crippen molar-refractivity contribution >= 4 is 0 Å². The zero-order valence-corrected chi connectivity index (χ0v) is 10.4. The van der Waals surface area contributed by atoms with E-state index in [1.807, 2.05) is 25.1 Å². The molecule has 0 unspecified atom stereocenters. The summed E-state index contributed by atoms with van der Waals surface area (Å²) in [5, 5.41) is 3.34. The van der Waals surface area contributed by atoms with Gasteiger partial charge in [0.05, 0.1) is 12.0 Å². The van der Waals surface area contributed by atoms with Crippen LogP contribution in [-0.4, -0.2) is 16.0 Å². The lowest BCUT2D eigenvalue weighted by Gasteiger charge is -2.08. The van der Waals surface area contributed by atoms with Crippen molar-refractivity contribution in [3.8, 4) is 11.6 Å². The Kier molecular flexibility index (Phi) is 3.54. The number of aromatic nitrogens is 2. The summed E-state index contributed by atoms with van der Waals surface area (Å²) in [6.07, 6.45) is 1.63. The molecule has 4 nitrogen and oxygen atoms in total. The highest BCUT2D eigenvalue weighted by Crippen LogP contribution is 2.16. The van der Waals surface area contributed by atoms with Crippen LogP contribution >= 0.6 is 0 Å². The number of hydrogen-bond acceptors (Lipinski definition) is 4. The summed E-state index contributed by atoms with van der Waals surface area (Å²) < 4.78 is 5.31. The van der Waals surface area contributed by atoms with E-state index in [-0.39, 0.29) is 0 Å². The molecule has 0 amide bonds. The Bertz CT molecular complexity index is 477. The second-order valence-corrected chi connectivity index (χ2v) is 4.34. The third-order valence-electron chi connectivity index (χ3n) is 2.34. The number of rotatable bonds is 4. The zero-order chi connectivity index (χ0) is 12.3. The van der Waals surface area contributed by atoms with Crippen LogP contribution < -0.4 is 5.32 Å². The lowest BCUT2D eigenvalue weighted by atomic mass is 10.3. The van der Waals surface area contributed by atoms with Gasteiger partial charge >= 0.3 is 0 Å². The molecular formula is C13H17N3O. The van der Waals surface area contributed by atoms with Crippen LogP contribution in [0.4, 0.5) is 0 Å². The van der Waals surface area contributed by atoms with E-state index in [4.69, 9.17) is 4.42 Å². The van der Waals surface area contributed by atoms with E-state index in [1.54, 1.807) is 6.26 Å². The average Bonchev–Trinajstić information content (AvgIpc) is 2.79. The topological polar surface area (TPSA) is 51.0 Å². The van der Waals surface area contributed by atoms with Gasteiger partial charge in [-0.05, 0) is 25.1 Å². The predicted molar refractivity (Wildman–Crippen MR) is 66.4 cm³/mol. The monoisotopic (exact) mass is 231 g/mol. The van der Waals surface area contributed by atoms with E-state index in [2.05, 4.69) is 29.1 Å². The molecule has 2 rings (SSSR count). The Balaban J connectivity index is 2.24. The minimum Gasteiger partial charge on any atom is -0.461 e. The first-order chi connectivity index (χ1) is 8.15. The second-order valence-electron chi connectivity index (χ2n) is 4.34. The van der Waals surface area contributed by atoms with Crippen molar-refractivity contribution < 1.29 is 4.42 Å². The molecule has 0 fully saturated rings. The normalized spacial score (nSPS) is 11.1. The van der Waals surface area contributed by atoms with Crippen molar-refractivity contribution in [1.82, 2.24) is 15.3 Å². The summed E-state index contributed by atoms with van der Waals surface area (Å²) >= 11 is 0. The van der Waals surface area contributed by atoms with Gasteiger partial charge in [0.2, 0.25) is 0 Å². The van der Waals surface area contributed by atoms with Gasteiger partial charge in [-0.2, -0.15) is 0 Å². The number of furan rings is 1. The molecule has 2 aromatic rings. The van der Waals surface area contributed by atoms with E-state index in [0.717, 1.165) is 17.9 Å². The lowest BCUT2D eigenvalue weighted by Crippen LogP contribution is -2.22. The Morgan fingerprint density at radius 2 is 2.18 bits per heavy atom. The average molecular weight is 231 g/mol. The van der Waals surface area contributed by atoms with E-state index < -0.39 is 0 Å². The molecule has 0 aliphatic heterocycles. The SMILES string of the molecule is Cc1cc(CNC(C)C)nc(-c2ccco2)n1. The van der Waals surface area contributed by atoms with Crippen molar-refractivity contribution in [3.05, 3.63) is 35.9 Å². The maximum atomic E-state index is 5.31. The molecule has 0 spiro atoms. The maximum absolute atomic E-state index is 5.31. The molecule has 90 valence electrons. The van der Waals surface area contributed by atoms with Crippen molar-refractivity contribution in [2.45, 2.75) is 33.4 Å². The van der Waals surface area contributed by atoms with Crippen LogP contribution in [0, 0.1) is 6.92 Å². The molecule has 0 radical (unpaired) electrons. The summed E-state index contributed by atoms with van der Waals surface area (Å²) in [6.45, 7) is 6.94. The molecule has 17 heavy (non-hydrogen) atoms. The lowest BCUT2D eigenvalue weighted by molar-refractivity contribution is 0.569. The molecule has 0 aliphatic carbocycles. The van der Waals surface area contributed by atoms with Gasteiger partial charge in [0.15, 0.2) is 11.6 Å². The van der Waals surface area contributed by atoms with Crippen LogP contribution in [0.1, 0.15) is 25.2 Å². The fourth-order valence-electron chi connectivity index (χ4n) is 1.55. The van der Waals surface area contributed by atoms with Crippen LogP contribution in [-0.2, 0) is 6.54 Å². The van der Waals surface area contributed by atoms with E-state index in [0.29, 0.717) is 17.6 Å². The molecule has 2 aromatic heterocycles. The van der Waals surface area contributed by atoms with Gasteiger partial charge in [-0.25, -0.2) is 9.97 Å². The van der Waals surface area contributed by atoms with Crippen molar-refractivity contribution in [3.63, 3.8) is 0 Å². The van der Waals surface area contributed by atoms with Gasteiger partial charge in [0, 0.05) is 18.3 Å². The van der Waals surface area contributed by atoms with Crippen molar-refractivity contribution in [2.24, 2.45) is 0 Å². The molecule has 0 saturated heterocycles. The van der Waals surface area contributed by atoms with E-state index in [1.165, 1.54) is 0 Å². The summed E-state index contributed by atoms with van der Waals surface area (Å²) in [6, 6.07) is 6.14. The highest BCUT2D eigenvalue weighted by atomic mass is 16.3. The minimum atomic E-state index is 0.442. The van der Waals surface area contributed by atoms with Crippen LogP contribution in [0.3, 0.4) is 0 Å². The molecule has 0 aliphatic rings. The predicted octanol–water partition coefficient (Wildman–Crippen LogP) is 2.54. The van der Waals surface area contributed by atoms with Gasteiger partial charge in [-0.15, -0.1) is 0 Å². The molecule has 2 heterocycles. The number of hydrogen-bond donors (Lipinski definition) is 1. The van der Waals surface area contributed by atoms with Crippen molar-refractivity contribution in [1.29, 1.82) is 0 Å². The fraction of sp³-hybridized carbons (Fsp3) is 0.385. The Hall–Kier alpha value is -1.68.